The first-order chi connectivity index (χ1) is 19.7. The minimum absolute atomic E-state index is 0.140. The smallest absolute Gasteiger partial charge is 0.420 e. The zero-order chi connectivity index (χ0) is 30.9. The predicted octanol–water partition coefficient (Wildman–Crippen LogP) is 6.81. The molecule has 1 fully saturated rings. The van der Waals surface area contributed by atoms with Crippen molar-refractivity contribution < 1.29 is 38.1 Å². The lowest BCUT2D eigenvalue weighted by Gasteiger charge is -2.33. The number of carbonyl (C=O) groups excluding carboxylic acids is 3. The van der Waals surface area contributed by atoms with E-state index >= 15 is 0 Å². The quantitative estimate of drug-likeness (QED) is 0.259. The van der Waals surface area contributed by atoms with Crippen molar-refractivity contribution in [2.75, 3.05) is 0 Å². The normalized spacial score (nSPS) is 21.7. The largest absolute Gasteiger partial charge is 0.458 e. The molecule has 1 saturated heterocycles. The third-order valence-electron chi connectivity index (χ3n) is 6.45. The molecule has 2 aromatic rings. The molecule has 3 rings (SSSR count). The predicted molar refractivity (Wildman–Crippen MR) is 158 cm³/mol. The lowest BCUT2D eigenvalue weighted by molar-refractivity contribution is -0.172. The molecule has 1 aliphatic heterocycles. The molecule has 9 nitrogen and oxygen atoms in total. The second-order valence-corrected chi connectivity index (χ2v) is 12.5. The molecule has 0 radical (unpaired) electrons. The SMILES string of the molecule is CC1OC(=O)C(N(C(=O)OC(C)(C)C)C(=O)OC(C)(C)C)CCCC(OCc2ccccc2)C1OCc1ccccc1. The van der Waals surface area contributed by atoms with Crippen LogP contribution in [0.5, 0.6) is 0 Å². The van der Waals surface area contributed by atoms with Crippen molar-refractivity contribution in [3.05, 3.63) is 71.8 Å². The van der Waals surface area contributed by atoms with Crippen LogP contribution in [0.3, 0.4) is 0 Å². The summed E-state index contributed by atoms with van der Waals surface area (Å²) in [6.45, 7) is 12.5. The van der Waals surface area contributed by atoms with Gasteiger partial charge in [-0.25, -0.2) is 14.4 Å². The Morgan fingerprint density at radius 3 is 1.74 bits per heavy atom. The third kappa shape index (κ3) is 10.4. The zero-order valence-corrected chi connectivity index (χ0v) is 25.8. The molecular weight excluding hydrogens is 538 g/mol. The molecule has 1 aliphatic rings. The Balaban J connectivity index is 1.89. The molecule has 2 aromatic carbocycles. The number of hydrogen-bond acceptors (Lipinski definition) is 8. The maximum Gasteiger partial charge on any atom is 0.420 e. The number of rotatable bonds is 7. The summed E-state index contributed by atoms with van der Waals surface area (Å²) in [5, 5.41) is 0. The van der Waals surface area contributed by atoms with Crippen LogP contribution in [0.15, 0.2) is 60.7 Å². The van der Waals surface area contributed by atoms with Crippen molar-refractivity contribution in [3.8, 4) is 0 Å². The Labute approximate surface area is 249 Å². The lowest BCUT2D eigenvalue weighted by Crippen LogP contribution is -2.53. The summed E-state index contributed by atoms with van der Waals surface area (Å²) in [7, 11) is 0. The van der Waals surface area contributed by atoms with E-state index < -0.39 is 53.7 Å². The third-order valence-corrected chi connectivity index (χ3v) is 6.45. The second kappa shape index (κ2) is 14.6. The molecule has 0 saturated carbocycles. The van der Waals surface area contributed by atoms with Crippen LogP contribution in [0.2, 0.25) is 0 Å². The lowest BCUT2D eigenvalue weighted by atomic mass is 10.0. The van der Waals surface area contributed by atoms with E-state index in [1.807, 2.05) is 60.7 Å². The number of benzene rings is 2. The average molecular weight is 584 g/mol. The Morgan fingerprint density at radius 1 is 0.786 bits per heavy atom. The van der Waals surface area contributed by atoms with E-state index in [2.05, 4.69) is 0 Å². The van der Waals surface area contributed by atoms with Crippen LogP contribution in [0.4, 0.5) is 9.59 Å². The molecule has 0 bridgehead atoms. The van der Waals surface area contributed by atoms with Gasteiger partial charge in [-0.2, -0.15) is 4.90 Å². The molecule has 230 valence electrons. The van der Waals surface area contributed by atoms with Gasteiger partial charge in [-0.05, 0) is 78.9 Å². The van der Waals surface area contributed by atoms with Crippen molar-refractivity contribution in [1.82, 2.24) is 4.90 Å². The topological polar surface area (TPSA) is 101 Å². The van der Waals surface area contributed by atoms with E-state index in [0.717, 1.165) is 16.0 Å². The van der Waals surface area contributed by atoms with Crippen LogP contribution >= 0.6 is 0 Å². The first-order valence-electron chi connectivity index (χ1n) is 14.5. The van der Waals surface area contributed by atoms with Crippen LogP contribution in [0.1, 0.15) is 78.9 Å². The summed E-state index contributed by atoms with van der Waals surface area (Å²) in [5.74, 6) is -0.740. The Hall–Kier alpha value is -3.43. The minimum Gasteiger partial charge on any atom is -0.458 e. The van der Waals surface area contributed by atoms with E-state index in [4.69, 9.17) is 23.7 Å². The summed E-state index contributed by atoms with van der Waals surface area (Å²) >= 11 is 0. The van der Waals surface area contributed by atoms with Gasteiger partial charge in [0.05, 0.1) is 19.3 Å². The molecule has 42 heavy (non-hydrogen) atoms. The Bertz CT molecular complexity index is 1130. The molecule has 1 heterocycles. The first kappa shape index (κ1) is 33.1. The Morgan fingerprint density at radius 2 is 1.26 bits per heavy atom. The molecule has 4 unspecified atom stereocenters. The molecule has 9 heteroatoms. The summed E-state index contributed by atoms with van der Waals surface area (Å²) in [6, 6.07) is 18.3. The highest BCUT2D eigenvalue weighted by Gasteiger charge is 2.43. The second-order valence-electron chi connectivity index (χ2n) is 12.5. The zero-order valence-electron chi connectivity index (χ0n) is 25.8. The van der Waals surface area contributed by atoms with Crippen LogP contribution in [0, 0.1) is 0 Å². The number of carbonyl (C=O) groups is 3. The monoisotopic (exact) mass is 583 g/mol. The number of hydrogen-bond donors (Lipinski definition) is 0. The van der Waals surface area contributed by atoms with Gasteiger partial charge in [0.1, 0.15) is 29.5 Å². The van der Waals surface area contributed by atoms with Crippen molar-refractivity contribution in [2.24, 2.45) is 0 Å². The molecule has 4 atom stereocenters. The van der Waals surface area contributed by atoms with E-state index in [9.17, 15) is 14.4 Å². The van der Waals surface area contributed by atoms with Gasteiger partial charge in [0.15, 0.2) is 0 Å². The van der Waals surface area contributed by atoms with E-state index in [1.165, 1.54) is 0 Å². The minimum atomic E-state index is -1.25. The van der Waals surface area contributed by atoms with E-state index in [0.29, 0.717) is 26.1 Å². The van der Waals surface area contributed by atoms with Crippen molar-refractivity contribution in [2.45, 2.75) is 116 Å². The summed E-state index contributed by atoms with van der Waals surface area (Å²) < 4.78 is 29.7. The van der Waals surface area contributed by atoms with Gasteiger partial charge in [-0.15, -0.1) is 0 Å². The molecule has 2 amide bonds. The van der Waals surface area contributed by atoms with Crippen molar-refractivity contribution >= 4 is 18.2 Å². The van der Waals surface area contributed by atoms with Gasteiger partial charge >= 0.3 is 18.2 Å². The van der Waals surface area contributed by atoms with Crippen LogP contribution < -0.4 is 0 Å². The number of nitrogens with zero attached hydrogens (tertiary/aromatic N) is 1. The molecule has 0 aliphatic carbocycles. The number of imide groups is 1. The highest BCUT2D eigenvalue weighted by Crippen LogP contribution is 2.27. The maximum absolute atomic E-state index is 13.6. The molecule has 0 aromatic heterocycles. The van der Waals surface area contributed by atoms with Crippen molar-refractivity contribution in [1.29, 1.82) is 0 Å². The fraction of sp³-hybridized carbons (Fsp3) is 0.545. The summed E-state index contributed by atoms with van der Waals surface area (Å²) in [4.78, 5) is 41.0. The fourth-order valence-corrected chi connectivity index (χ4v) is 4.58. The number of ether oxygens (including phenoxy) is 5. The van der Waals surface area contributed by atoms with Gasteiger partial charge in [0.2, 0.25) is 0 Å². The van der Waals surface area contributed by atoms with Gasteiger partial charge in [0.25, 0.3) is 0 Å². The van der Waals surface area contributed by atoms with Crippen molar-refractivity contribution in [3.63, 3.8) is 0 Å². The standard InChI is InChI=1S/C33H45NO8/c1-23-28(39-22-25-17-12-9-13-18-25)27(38-21-24-15-10-8-11-16-24)20-14-19-26(29(35)40-23)34(30(36)41-32(2,3)4)31(37)42-33(5,6)7/h8-13,15-18,23,26-28H,14,19-22H2,1-7H3. The van der Waals surface area contributed by atoms with E-state index in [1.54, 1.807) is 48.5 Å². The average Bonchev–Trinajstić information content (AvgIpc) is 2.94. The molecule has 0 N–H and O–H groups in total. The summed E-state index contributed by atoms with van der Waals surface area (Å²) in [6.07, 6.45) is -2.64. The molecule has 0 spiro atoms. The number of cyclic esters (lactones) is 1. The maximum atomic E-state index is 13.6. The molecular formula is C33H45NO8. The van der Waals surface area contributed by atoms with Gasteiger partial charge in [0, 0.05) is 0 Å². The van der Waals surface area contributed by atoms with Crippen LogP contribution in [-0.4, -0.2) is 58.6 Å². The van der Waals surface area contributed by atoms with Gasteiger partial charge in [-0.1, -0.05) is 60.7 Å². The summed E-state index contributed by atoms with van der Waals surface area (Å²) in [5.41, 5.74) is 0.166. The fourth-order valence-electron chi connectivity index (χ4n) is 4.58. The van der Waals surface area contributed by atoms with Crippen LogP contribution in [0.25, 0.3) is 0 Å². The Kier molecular flexibility index (Phi) is 11.5. The first-order valence-corrected chi connectivity index (χ1v) is 14.5. The van der Waals surface area contributed by atoms with E-state index in [-0.39, 0.29) is 6.42 Å². The number of esters is 1. The van der Waals surface area contributed by atoms with Gasteiger partial charge < -0.3 is 23.7 Å². The highest BCUT2D eigenvalue weighted by molar-refractivity contribution is 5.94. The number of amides is 2. The van der Waals surface area contributed by atoms with Gasteiger partial charge in [-0.3, -0.25) is 0 Å². The van der Waals surface area contributed by atoms with Crippen LogP contribution in [-0.2, 0) is 41.7 Å². The highest BCUT2D eigenvalue weighted by atomic mass is 16.6.